The topological polar surface area (TPSA) is 44.8 Å². The smallest absolute Gasteiger partial charge is 0.302 e. The standard InChI is InChI=1S/C16H24O4/c1-4-8-15(20-13(2)17)16(18-3)12-19-11-14-9-6-5-7-10-14/h5-7,9-10,15-16H,4,8,11-12H2,1-3H3/t15-,16+/m1/s1. The third-order valence-electron chi connectivity index (χ3n) is 3.00. The SMILES string of the molecule is CCC[C@@H](OC(C)=O)[C@H](COCc1ccccc1)OC. The third kappa shape index (κ3) is 6.17. The number of carbonyl (C=O) groups is 1. The fourth-order valence-electron chi connectivity index (χ4n) is 2.01. The molecule has 0 aromatic heterocycles. The predicted octanol–water partition coefficient (Wildman–Crippen LogP) is 2.95. The highest BCUT2D eigenvalue weighted by Crippen LogP contribution is 2.12. The molecular weight excluding hydrogens is 256 g/mol. The Balaban J connectivity index is 2.45. The normalized spacial score (nSPS) is 13.8. The van der Waals surface area contributed by atoms with Gasteiger partial charge in [-0.05, 0) is 12.0 Å². The summed E-state index contributed by atoms with van der Waals surface area (Å²) in [5, 5.41) is 0. The molecule has 1 aromatic carbocycles. The first-order valence-corrected chi connectivity index (χ1v) is 6.99. The molecule has 112 valence electrons. The number of esters is 1. The molecule has 0 spiro atoms. The van der Waals surface area contributed by atoms with E-state index in [0.717, 1.165) is 18.4 Å². The van der Waals surface area contributed by atoms with Crippen molar-refractivity contribution in [3.8, 4) is 0 Å². The van der Waals surface area contributed by atoms with Gasteiger partial charge in [-0.25, -0.2) is 0 Å². The van der Waals surface area contributed by atoms with Crippen LogP contribution in [-0.2, 0) is 25.6 Å². The first-order chi connectivity index (χ1) is 9.67. The summed E-state index contributed by atoms with van der Waals surface area (Å²) in [5.41, 5.74) is 1.11. The number of hydrogen-bond acceptors (Lipinski definition) is 4. The summed E-state index contributed by atoms with van der Waals surface area (Å²) in [6, 6.07) is 9.95. The lowest BCUT2D eigenvalue weighted by Gasteiger charge is -2.25. The molecule has 0 aliphatic rings. The molecule has 0 radical (unpaired) electrons. The summed E-state index contributed by atoms with van der Waals surface area (Å²) < 4.78 is 16.4. The minimum absolute atomic E-state index is 0.234. The van der Waals surface area contributed by atoms with Crippen LogP contribution in [0.4, 0.5) is 0 Å². The molecule has 1 aromatic rings. The quantitative estimate of drug-likeness (QED) is 0.652. The molecule has 2 atom stereocenters. The molecule has 1 rings (SSSR count). The molecule has 4 nitrogen and oxygen atoms in total. The first kappa shape index (κ1) is 16.7. The van der Waals surface area contributed by atoms with E-state index in [1.54, 1.807) is 7.11 Å². The molecule has 0 saturated carbocycles. The second kappa shape index (κ2) is 9.50. The van der Waals surface area contributed by atoms with Crippen molar-refractivity contribution in [2.45, 2.75) is 45.5 Å². The van der Waals surface area contributed by atoms with Crippen LogP contribution < -0.4 is 0 Å². The monoisotopic (exact) mass is 280 g/mol. The summed E-state index contributed by atoms with van der Waals surface area (Å²) in [6.07, 6.45) is 1.21. The second-order valence-corrected chi connectivity index (χ2v) is 4.71. The summed E-state index contributed by atoms with van der Waals surface area (Å²) in [5.74, 6) is -0.284. The van der Waals surface area contributed by atoms with E-state index in [1.165, 1.54) is 6.92 Å². The number of carbonyl (C=O) groups excluding carboxylic acids is 1. The predicted molar refractivity (Wildman–Crippen MR) is 77.4 cm³/mol. The Morgan fingerprint density at radius 2 is 1.90 bits per heavy atom. The molecule has 20 heavy (non-hydrogen) atoms. The zero-order valence-corrected chi connectivity index (χ0v) is 12.5. The van der Waals surface area contributed by atoms with Gasteiger partial charge in [0.15, 0.2) is 0 Å². The van der Waals surface area contributed by atoms with Gasteiger partial charge in [-0.3, -0.25) is 4.79 Å². The van der Waals surface area contributed by atoms with Crippen molar-refractivity contribution in [1.82, 2.24) is 0 Å². The molecule has 0 amide bonds. The Labute approximate surface area is 121 Å². The largest absolute Gasteiger partial charge is 0.460 e. The minimum atomic E-state index is -0.284. The van der Waals surface area contributed by atoms with Crippen LogP contribution in [-0.4, -0.2) is 31.9 Å². The highest BCUT2D eigenvalue weighted by atomic mass is 16.6. The maximum absolute atomic E-state index is 11.1. The molecule has 0 fully saturated rings. The molecule has 0 aliphatic carbocycles. The van der Waals surface area contributed by atoms with Gasteiger partial charge in [-0.2, -0.15) is 0 Å². The van der Waals surface area contributed by atoms with Gasteiger partial charge in [0, 0.05) is 14.0 Å². The maximum atomic E-state index is 11.1. The Bertz CT molecular complexity index is 377. The van der Waals surface area contributed by atoms with Crippen LogP contribution in [0.3, 0.4) is 0 Å². The van der Waals surface area contributed by atoms with Gasteiger partial charge in [0.05, 0.1) is 13.2 Å². The number of benzene rings is 1. The van der Waals surface area contributed by atoms with E-state index in [-0.39, 0.29) is 18.2 Å². The van der Waals surface area contributed by atoms with Crippen molar-refractivity contribution >= 4 is 5.97 Å². The summed E-state index contributed by atoms with van der Waals surface area (Å²) in [6.45, 7) is 4.40. The van der Waals surface area contributed by atoms with E-state index in [9.17, 15) is 4.79 Å². The number of hydrogen-bond donors (Lipinski definition) is 0. The number of methoxy groups -OCH3 is 1. The molecule has 0 N–H and O–H groups in total. The Hall–Kier alpha value is -1.39. The Kier molecular flexibility index (Phi) is 7.92. The lowest BCUT2D eigenvalue weighted by molar-refractivity contribution is -0.157. The fraction of sp³-hybridized carbons (Fsp3) is 0.562. The van der Waals surface area contributed by atoms with Crippen molar-refractivity contribution in [2.24, 2.45) is 0 Å². The van der Waals surface area contributed by atoms with Crippen LogP contribution in [0.25, 0.3) is 0 Å². The van der Waals surface area contributed by atoms with Gasteiger partial charge in [0.2, 0.25) is 0 Å². The van der Waals surface area contributed by atoms with E-state index in [0.29, 0.717) is 13.2 Å². The lowest BCUT2D eigenvalue weighted by Crippen LogP contribution is -2.36. The lowest BCUT2D eigenvalue weighted by atomic mass is 10.1. The van der Waals surface area contributed by atoms with Gasteiger partial charge in [-0.15, -0.1) is 0 Å². The second-order valence-electron chi connectivity index (χ2n) is 4.71. The molecule has 0 aliphatic heterocycles. The number of rotatable bonds is 9. The van der Waals surface area contributed by atoms with Gasteiger partial charge >= 0.3 is 5.97 Å². The van der Waals surface area contributed by atoms with Crippen LogP contribution >= 0.6 is 0 Å². The molecule has 0 saturated heterocycles. The summed E-state index contributed by atoms with van der Waals surface area (Å²) >= 11 is 0. The van der Waals surface area contributed by atoms with Crippen LogP contribution in [0.5, 0.6) is 0 Å². The van der Waals surface area contributed by atoms with Crippen molar-refractivity contribution in [3.63, 3.8) is 0 Å². The zero-order chi connectivity index (χ0) is 14.8. The van der Waals surface area contributed by atoms with Crippen LogP contribution in [0.15, 0.2) is 30.3 Å². The van der Waals surface area contributed by atoms with Gasteiger partial charge in [0.25, 0.3) is 0 Å². The van der Waals surface area contributed by atoms with Crippen molar-refractivity contribution < 1.29 is 19.0 Å². The van der Waals surface area contributed by atoms with Gasteiger partial charge in [-0.1, -0.05) is 43.7 Å². The fourth-order valence-corrected chi connectivity index (χ4v) is 2.01. The van der Waals surface area contributed by atoms with Crippen LogP contribution in [0.1, 0.15) is 32.3 Å². The summed E-state index contributed by atoms with van der Waals surface area (Å²) in [4.78, 5) is 11.1. The van der Waals surface area contributed by atoms with E-state index < -0.39 is 0 Å². The average Bonchev–Trinajstić information content (AvgIpc) is 2.44. The van der Waals surface area contributed by atoms with E-state index in [1.807, 2.05) is 37.3 Å². The van der Waals surface area contributed by atoms with Gasteiger partial charge < -0.3 is 14.2 Å². The summed E-state index contributed by atoms with van der Waals surface area (Å²) in [7, 11) is 1.61. The van der Waals surface area contributed by atoms with Gasteiger partial charge in [0.1, 0.15) is 12.2 Å². The molecule has 0 heterocycles. The van der Waals surface area contributed by atoms with E-state index in [2.05, 4.69) is 0 Å². The van der Waals surface area contributed by atoms with Crippen LogP contribution in [0, 0.1) is 0 Å². The zero-order valence-electron chi connectivity index (χ0n) is 12.5. The molecule has 0 bridgehead atoms. The highest BCUT2D eigenvalue weighted by molar-refractivity contribution is 5.66. The van der Waals surface area contributed by atoms with Crippen LogP contribution in [0.2, 0.25) is 0 Å². The van der Waals surface area contributed by atoms with Crippen molar-refractivity contribution in [3.05, 3.63) is 35.9 Å². The third-order valence-corrected chi connectivity index (χ3v) is 3.00. The molecule has 0 unspecified atom stereocenters. The average molecular weight is 280 g/mol. The van der Waals surface area contributed by atoms with E-state index in [4.69, 9.17) is 14.2 Å². The Morgan fingerprint density at radius 1 is 1.20 bits per heavy atom. The highest BCUT2D eigenvalue weighted by Gasteiger charge is 2.23. The first-order valence-electron chi connectivity index (χ1n) is 6.99. The van der Waals surface area contributed by atoms with Crippen molar-refractivity contribution in [2.75, 3.05) is 13.7 Å². The maximum Gasteiger partial charge on any atom is 0.302 e. The van der Waals surface area contributed by atoms with E-state index >= 15 is 0 Å². The molecular formula is C16H24O4. The molecule has 4 heteroatoms. The Morgan fingerprint density at radius 3 is 2.45 bits per heavy atom. The number of ether oxygens (including phenoxy) is 3. The van der Waals surface area contributed by atoms with Crippen molar-refractivity contribution in [1.29, 1.82) is 0 Å². The minimum Gasteiger partial charge on any atom is -0.460 e.